The van der Waals surface area contributed by atoms with Gasteiger partial charge in [-0.25, -0.2) is 9.37 Å². The molecular weight excluding hydrogens is 293 g/mol. The zero-order chi connectivity index (χ0) is 15.2. The van der Waals surface area contributed by atoms with Gasteiger partial charge in [-0.2, -0.15) is 0 Å². The summed E-state index contributed by atoms with van der Waals surface area (Å²) in [6, 6.07) is 4.20. The van der Waals surface area contributed by atoms with Gasteiger partial charge in [-0.1, -0.05) is 24.9 Å². The molecule has 0 spiro atoms. The van der Waals surface area contributed by atoms with Crippen LogP contribution in [0.5, 0.6) is 0 Å². The van der Waals surface area contributed by atoms with E-state index in [1.54, 1.807) is 6.20 Å². The Morgan fingerprint density at radius 2 is 2.19 bits per heavy atom. The first-order valence-electron chi connectivity index (χ1n) is 6.79. The highest BCUT2D eigenvalue weighted by Gasteiger charge is 2.11. The van der Waals surface area contributed by atoms with Crippen LogP contribution in [-0.2, 0) is 0 Å². The van der Waals surface area contributed by atoms with Gasteiger partial charge in [-0.05, 0) is 24.6 Å². The summed E-state index contributed by atoms with van der Waals surface area (Å²) in [6.45, 7) is 2.04. The van der Waals surface area contributed by atoms with Crippen LogP contribution in [0.25, 0.3) is 11.3 Å². The molecule has 4 nitrogen and oxygen atoms in total. The number of aromatic nitrogens is 2. The number of aliphatic hydroxyl groups excluding tert-OH is 1. The molecule has 0 aliphatic carbocycles. The summed E-state index contributed by atoms with van der Waals surface area (Å²) >= 11 is 5.89. The molecule has 0 radical (unpaired) electrons. The van der Waals surface area contributed by atoms with Crippen LogP contribution in [0, 0.1) is 5.82 Å². The fourth-order valence-corrected chi connectivity index (χ4v) is 2.20. The second-order valence-electron chi connectivity index (χ2n) is 4.73. The fraction of sp³-hybridized carbons (Fsp3) is 0.333. The van der Waals surface area contributed by atoms with E-state index < -0.39 is 5.82 Å². The first-order valence-corrected chi connectivity index (χ1v) is 7.16. The third-order valence-electron chi connectivity index (χ3n) is 3.05. The Bertz CT molecular complexity index is 609. The van der Waals surface area contributed by atoms with Crippen molar-refractivity contribution in [1.82, 2.24) is 9.97 Å². The molecule has 2 aromatic rings. The molecule has 1 unspecified atom stereocenters. The minimum Gasteiger partial charge on any atom is -0.394 e. The van der Waals surface area contributed by atoms with Gasteiger partial charge in [0.1, 0.15) is 11.6 Å². The quantitative estimate of drug-likeness (QED) is 0.857. The molecule has 2 N–H and O–H groups in total. The summed E-state index contributed by atoms with van der Waals surface area (Å²) in [5.41, 5.74) is 0.697. The van der Waals surface area contributed by atoms with E-state index >= 15 is 0 Å². The molecule has 21 heavy (non-hydrogen) atoms. The topological polar surface area (TPSA) is 58.0 Å². The van der Waals surface area contributed by atoms with Crippen LogP contribution in [0.2, 0.25) is 5.02 Å². The molecule has 0 saturated heterocycles. The molecule has 0 bridgehead atoms. The van der Waals surface area contributed by atoms with Gasteiger partial charge in [0, 0.05) is 10.6 Å². The lowest BCUT2D eigenvalue weighted by Gasteiger charge is -2.16. The molecule has 0 amide bonds. The molecule has 2 rings (SSSR count). The largest absolute Gasteiger partial charge is 0.394 e. The van der Waals surface area contributed by atoms with E-state index in [1.165, 1.54) is 24.4 Å². The van der Waals surface area contributed by atoms with Crippen molar-refractivity contribution in [3.8, 4) is 11.3 Å². The maximum atomic E-state index is 13.8. The first kappa shape index (κ1) is 15.7. The molecule has 0 aliphatic rings. The molecule has 0 aliphatic heterocycles. The SMILES string of the molecule is CCCC(CO)Nc1cncc(-c2cc(Cl)ccc2F)n1. The molecule has 0 saturated carbocycles. The average Bonchev–Trinajstić information content (AvgIpc) is 2.49. The van der Waals surface area contributed by atoms with Gasteiger partial charge in [0.15, 0.2) is 0 Å². The number of hydrogen-bond acceptors (Lipinski definition) is 4. The third-order valence-corrected chi connectivity index (χ3v) is 3.28. The summed E-state index contributed by atoms with van der Waals surface area (Å²) in [4.78, 5) is 8.39. The minimum atomic E-state index is -0.405. The average molecular weight is 310 g/mol. The maximum absolute atomic E-state index is 13.8. The fourth-order valence-electron chi connectivity index (χ4n) is 2.03. The van der Waals surface area contributed by atoms with Crippen LogP contribution in [0.1, 0.15) is 19.8 Å². The Labute approximate surface area is 128 Å². The van der Waals surface area contributed by atoms with Gasteiger partial charge in [0.25, 0.3) is 0 Å². The van der Waals surface area contributed by atoms with Crippen LogP contribution in [0.4, 0.5) is 10.2 Å². The summed E-state index contributed by atoms with van der Waals surface area (Å²) in [7, 11) is 0. The second-order valence-corrected chi connectivity index (χ2v) is 5.16. The molecular formula is C15H17ClFN3O. The van der Waals surface area contributed by atoms with E-state index in [2.05, 4.69) is 15.3 Å². The van der Waals surface area contributed by atoms with Gasteiger partial charge < -0.3 is 10.4 Å². The van der Waals surface area contributed by atoms with Gasteiger partial charge in [-0.15, -0.1) is 0 Å². The van der Waals surface area contributed by atoms with Crippen molar-refractivity contribution < 1.29 is 9.50 Å². The predicted molar refractivity (Wildman–Crippen MR) is 81.8 cm³/mol. The molecule has 1 heterocycles. The van der Waals surface area contributed by atoms with E-state index in [1.807, 2.05) is 6.92 Å². The normalized spacial score (nSPS) is 12.2. The van der Waals surface area contributed by atoms with E-state index in [0.29, 0.717) is 22.1 Å². The number of hydrogen-bond donors (Lipinski definition) is 2. The third kappa shape index (κ3) is 4.12. The van der Waals surface area contributed by atoms with E-state index in [4.69, 9.17) is 11.6 Å². The monoisotopic (exact) mass is 309 g/mol. The summed E-state index contributed by atoms with van der Waals surface area (Å²) < 4.78 is 13.8. The molecule has 112 valence electrons. The van der Waals surface area contributed by atoms with Crippen LogP contribution < -0.4 is 5.32 Å². The Kier molecular flexibility index (Phi) is 5.47. The number of nitrogens with zero attached hydrogens (tertiary/aromatic N) is 2. The van der Waals surface area contributed by atoms with Crippen molar-refractivity contribution in [1.29, 1.82) is 0 Å². The number of benzene rings is 1. The highest BCUT2D eigenvalue weighted by molar-refractivity contribution is 6.30. The summed E-state index contributed by atoms with van der Waals surface area (Å²) in [6.07, 6.45) is 4.78. The number of halogens is 2. The Morgan fingerprint density at radius 3 is 2.90 bits per heavy atom. The number of anilines is 1. The second kappa shape index (κ2) is 7.33. The Hall–Kier alpha value is -1.72. The number of rotatable bonds is 6. The highest BCUT2D eigenvalue weighted by atomic mass is 35.5. The van der Waals surface area contributed by atoms with Gasteiger partial charge >= 0.3 is 0 Å². The first-order chi connectivity index (χ1) is 10.1. The van der Waals surface area contributed by atoms with Crippen molar-refractivity contribution in [2.24, 2.45) is 0 Å². The summed E-state index contributed by atoms with van der Waals surface area (Å²) in [5.74, 6) is 0.0949. The van der Waals surface area contributed by atoms with E-state index in [-0.39, 0.29) is 12.6 Å². The molecule has 1 aromatic heterocycles. The van der Waals surface area contributed by atoms with Crippen molar-refractivity contribution in [3.63, 3.8) is 0 Å². The van der Waals surface area contributed by atoms with Crippen LogP contribution in [-0.4, -0.2) is 27.7 Å². The van der Waals surface area contributed by atoms with E-state index in [0.717, 1.165) is 12.8 Å². The highest BCUT2D eigenvalue weighted by Crippen LogP contribution is 2.25. The zero-order valence-corrected chi connectivity index (χ0v) is 12.4. The van der Waals surface area contributed by atoms with E-state index in [9.17, 15) is 9.50 Å². The molecule has 6 heteroatoms. The van der Waals surface area contributed by atoms with Crippen molar-refractivity contribution >= 4 is 17.4 Å². The summed E-state index contributed by atoms with van der Waals surface area (Å²) in [5, 5.41) is 12.8. The Morgan fingerprint density at radius 1 is 1.38 bits per heavy atom. The number of nitrogens with one attached hydrogen (secondary N) is 1. The maximum Gasteiger partial charge on any atom is 0.145 e. The molecule has 1 atom stereocenters. The standard InChI is InChI=1S/C15H17ClFN3O/c1-2-3-11(9-21)19-15-8-18-7-14(20-15)12-6-10(16)4-5-13(12)17/h4-8,11,21H,2-3,9H2,1H3,(H,19,20). The van der Waals surface area contributed by atoms with Crippen LogP contribution in [0.3, 0.4) is 0 Å². The molecule has 0 fully saturated rings. The smallest absolute Gasteiger partial charge is 0.145 e. The van der Waals surface area contributed by atoms with Crippen LogP contribution in [0.15, 0.2) is 30.6 Å². The lowest BCUT2D eigenvalue weighted by molar-refractivity contribution is 0.268. The van der Waals surface area contributed by atoms with Crippen LogP contribution >= 0.6 is 11.6 Å². The van der Waals surface area contributed by atoms with Crippen molar-refractivity contribution in [2.75, 3.05) is 11.9 Å². The predicted octanol–water partition coefficient (Wildman–Crippen LogP) is 3.51. The number of aliphatic hydroxyl groups is 1. The minimum absolute atomic E-state index is 0.00523. The zero-order valence-electron chi connectivity index (χ0n) is 11.7. The van der Waals surface area contributed by atoms with Crippen molar-refractivity contribution in [3.05, 3.63) is 41.4 Å². The van der Waals surface area contributed by atoms with Gasteiger partial charge in [0.2, 0.25) is 0 Å². The lowest BCUT2D eigenvalue weighted by atomic mass is 10.1. The Balaban J connectivity index is 2.27. The molecule has 1 aromatic carbocycles. The van der Waals surface area contributed by atoms with Gasteiger partial charge in [-0.3, -0.25) is 4.98 Å². The lowest BCUT2D eigenvalue weighted by Crippen LogP contribution is -2.24. The van der Waals surface area contributed by atoms with Crippen molar-refractivity contribution in [2.45, 2.75) is 25.8 Å². The van der Waals surface area contributed by atoms with Gasteiger partial charge in [0.05, 0.1) is 30.7 Å².